The highest BCUT2D eigenvalue weighted by atomic mass is 19.4. The Hall–Kier alpha value is -1.57. The van der Waals surface area contributed by atoms with Crippen LogP contribution in [-0.2, 0) is 6.18 Å². The number of nitrogen functional groups attached to an aromatic ring is 1. The van der Waals surface area contributed by atoms with Gasteiger partial charge in [0.25, 0.3) is 0 Å². The van der Waals surface area contributed by atoms with Crippen LogP contribution in [0.4, 0.5) is 24.9 Å². The molecule has 1 rings (SSSR count). The molecule has 0 fully saturated rings. The van der Waals surface area contributed by atoms with Crippen molar-refractivity contribution in [2.24, 2.45) is 0 Å². The number of aliphatic hydroxyl groups excluding tert-OH is 1. The Morgan fingerprint density at radius 1 is 1.47 bits per heavy atom. The molecule has 4 N–H and O–H groups in total. The number of hydrogen-bond donors (Lipinski definition) is 3. The summed E-state index contributed by atoms with van der Waals surface area (Å²) in [7, 11) is 0. The summed E-state index contributed by atoms with van der Waals surface area (Å²) in [5.41, 5.74) is 4.08. The van der Waals surface area contributed by atoms with Crippen LogP contribution in [0.1, 0.15) is 19.0 Å². The monoisotopic (exact) mass is 250 g/mol. The molecule has 0 saturated heterocycles. The molecule has 1 heterocycles. The second-order valence-electron chi connectivity index (χ2n) is 3.56. The van der Waals surface area contributed by atoms with Gasteiger partial charge < -0.3 is 16.2 Å². The molecule has 1 atom stereocenters. The summed E-state index contributed by atoms with van der Waals surface area (Å²) >= 11 is 0. The summed E-state index contributed by atoms with van der Waals surface area (Å²) in [5, 5.41) is 11.6. The highest BCUT2D eigenvalue weighted by molar-refractivity contribution is 5.41. The fraction of sp³-hybridized carbons (Fsp3) is 0.556. The molecule has 0 amide bonds. The van der Waals surface area contributed by atoms with E-state index >= 15 is 0 Å². The summed E-state index contributed by atoms with van der Waals surface area (Å²) in [6.07, 6.45) is -4.70. The fourth-order valence-electron chi connectivity index (χ4n) is 1.11. The first kappa shape index (κ1) is 13.5. The maximum atomic E-state index is 12.4. The number of halogens is 3. The molecule has 0 bridgehead atoms. The van der Waals surface area contributed by atoms with E-state index in [9.17, 15) is 13.2 Å². The molecule has 8 heteroatoms. The molecule has 0 radical (unpaired) electrons. The van der Waals surface area contributed by atoms with Crippen molar-refractivity contribution >= 4 is 11.8 Å². The van der Waals surface area contributed by atoms with Crippen LogP contribution in [0.5, 0.6) is 0 Å². The molecule has 1 unspecified atom stereocenters. The molecule has 0 aromatic carbocycles. The summed E-state index contributed by atoms with van der Waals surface area (Å²) < 4.78 is 37.2. The number of aliphatic hydroxyl groups is 1. The lowest BCUT2D eigenvalue weighted by Gasteiger charge is -2.10. The van der Waals surface area contributed by atoms with Gasteiger partial charge in [-0.15, -0.1) is 0 Å². The highest BCUT2D eigenvalue weighted by Gasteiger charge is 2.33. The average Bonchev–Trinajstić information content (AvgIpc) is 2.14. The van der Waals surface area contributed by atoms with E-state index in [0.717, 1.165) is 6.07 Å². The van der Waals surface area contributed by atoms with Gasteiger partial charge in [-0.3, -0.25) is 0 Å². The predicted octanol–water partition coefficient (Wildman–Crippen LogP) is 1.26. The number of nitrogens with zero attached hydrogens (tertiary/aromatic N) is 2. The van der Waals surface area contributed by atoms with Crippen LogP contribution in [0.15, 0.2) is 6.07 Å². The molecule has 17 heavy (non-hydrogen) atoms. The Balaban J connectivity index is 2.76. The first-order valence-electron chi connectivity index (χ1n) is 4.92. The SMILES string of the molecule is CC(O)CCNc1cc(C(F)(F)F)nc(N)n1. The molecule has 96 valence electrons. The number of anilines is 2. The quantitative estimate of drug-likeness (QED) is 0.749. The Kier molecular flexibility index (Phi) is 4.11. The third-order valence-corrected chi connectivity index (χ3v) is 1.90. The number of nitrogens with two attached hydrogens (primary N) is 1. The summed E-state index contributed by atoms with van der Waals surface area (Å²) in [4.78, 5) is 6.72. The lowest BCUT2D eigenvalue weighted by atomic mass is 10.3. The average molecular weight is 250 g/mol. The van der Waals surface area contributed by atoms with Gasteiger partial charge >= 0.3 is 6.18 Å². The van der Waals surface area contributed by atoms with Crippen molar-refractivity contribution in [2.75, 3.05) is 17.6 Å². The van der Waals surface area contributed by atoms with Crippen molar-refractivity contribution in [1.82, 2.24) is 9.97 Å². The van der Waals surface area contributed by atoms with E-state index in [-0.39, 0.29) is 5.82 Å². The Labute approximate surface area is 95.9 Å². The third kappa shape index (κ3) is 4.43. The molecule has 1 aromatic heterocycles. The maximum Gasteiger partial charge on any atom is 0.433 e. The van der Waals surface area contributed by atoms with Gasteiger partial charge in [-0.05, 0) is 13.3 Å². The zero-order valence-corrected chi connectivity index (χ0v) is 9.12. The van der Waals surface area contributed by atoms with Gasteiger partial charge in [0.1, 0.15) is 5.82 Å². The molecule has 1 aromatic rings. The third-order valence-electron chi connectivity index (χ3n) is 1.90. The Morgan fingerprint density at radius 2 is 2.12 bits per heavy atom. The van der Waals surface area contributed by atoms with E-state index in [1.54, 1.807) is 6.92 Å². The lowest BCUT2D eigenvalue weighted by Crippen LogP contribution is -2.15. The van der Waals surface area contributed by atoms with Crippen molar-refractivity contribution in [2.45, 2.75) is 25.6 Å². The molecule has 0 aliphatic rings. The largest absolute Gasteiger partial charge is 0.433 e. The minimum absolute atomic E-state index is 0.00882. The zero-order valence-electron chi connectivity index (χ0n) is 9.12. The van der Waals surface area contributed by atoms with Gasteiger partial charge in [0.2, 0.25) is 5.95 Å². The lowest BCUT2D eigenvalue weighted by molar-refractivity contribution is -0.141. The molecule has 0 aliphatic carbocycles. The van der Waals surface area contributed by atoms with Crippen LogP contribution in [0.2, 0.25) is 0 Å². The molecule has 5 nitrogen and oxygen atoms in total. The second-order valence-corrected chi connectivity index (χ2v) is 3.56. The van der Waals surface area contributed by atoms with Crippen LogP contribution in [0.25, 0.3) is 0 Å². The van der Waals surface area contributed by atoms with Crippen LogP contribution in [-0.4, -0.2) is 27.7 Å². The Bertz CT molecular complexity index is 381. The first-order chi connectivity index (χ1) is 7.79. The molecule has 0 spiro atoms. The van der Waals surface area contributed by atoms with Crippen LogP contribution >= 0.6 is 0 Å². The standard InChI is InChI=1S/C9H13F3N4O/c1-5(17)2-3-14-7-4-6(9(10,11)12)15-8(13)16-7/h4-5,17H,2-3H2,1H3,(H3,13,14,15,16). The number of alkyl halides is 3. The van der Waals surface area contributed by atoms with Crippen LogP contribution < -0.4 is 11.1 Å². The van der Waals surface area contributed by atoms with Crippen molar-refractivity contribution in [3.8, 4) is 0 Å². The molecule has 0 saturated carbocycles. The summed E-state index contributed by atoms with van der Waals surface area (Å²) in [6, 6.07) is 0.776. The molecule has 0 aliphatic heterocycles. The van der Waals surface area contributed by atoms with E-state index in [2.05, 4.69) is 15.3 Å². The second kappa shape index (κ2) is 5.17. The minimum Gasteiger partial charge on any atom is -0.393 e. The van der Waals surface area contributed by atoms with Crippen molar-refractivity contribution in [3.63, 3.8) is 0 Å². The summed E-state index contributed by atoms with van der Waals surface area (Å²) in [5.74, 6) is -0.454. The van der Waals surface area contributed by atoms with Crippen molar-refractivity contribution < 1.29 is 18.3 Å². The normalized spacial score (nSPS) is 13.5. The van der Waals surface area contributed by atoms with E-state index < -0.39 is 23.9 Å². The smallest absolute Gasteiger partial charge is 0.393 e. The zero-order chi connectivity index (χ0) is 13.1. The fourth-order valence-corrected chi connectivity index (χ4v) is 1.11. The minimum atomic E-state index is -4.56. The predicted molar refractivity (Wildman–Crippen MR) is 56.2 cm³/mol. The van der Waals surface area contributed by atoms with Crippen molar-refractivity contribution in [1.29, 1.82) is 0 Å². The molecular formula is C9H13F3N4O. The van der Waals surface area contributed by atoms with Crippen LogP contribution in [0, 0.1) is 0 Å². The Morgan fingerprint density at radius 3 is 2.65 bits per heavy atom. The van der Waals surface area contributed by atoms with Gasteiger partial charge in [0, 0.05) is 12.6 Å². The van der Waals surface area contributed by atoms with Gasteiger partial charge in [-0.25, -0.2) is 4.98 Å². The van der Waals surface area contributed by atoms with Crippen LogP contribution in [0.3, 0.4) is 0 Å². The van der Waals surface area contributed by atoms with E-state index in [1.165, 1.54) is 0 Å². The first-order valence-corrected chi connectivity index (χ1v) is 4.92. The number of hydrogen-bond acceptors (Lipinski definition) is 5. The van der Waals surface area contributed by atoms with Gasteiger partial charge in [-0.2, -0.15) is 18.2 Å². The van der Waals surface area contributed by atoms with Crippen molar-refractivity contribution in [3.05, 3.63) is 11.8 Å². The van der Waals surface area contributed by atoms with Gasteiger partial charge in [0.15, 0.2) is 5.69 Å². The number of aromatic nitrogens is 2. The van der Waals surface area contributed by atoms with Gasteiger partial charge in [-0.1, -0.05) is 0 Å². The van der Waals surface area contributed by atoms with Gasteiger partial charge in [0.05, 0.1) is 6.10 Å². The summed E-state index contributed by atoms with van der Waals surface area (Å²) in [6.45, 7) is 1.88. The van der Waals surface area contributed by atoms with E-state index in [4.69, 9.17) is 10.8 Å². The van der Waals surface area contributed by atoms with E-state index in [1.807, 2.05) is 0 Å². The number of nitrogens with one attached hydrogen (secondary N) is 1. The maximum absolute atomic E-state index is 12.4. The number of rotatable bonds is 4. The topological polar surface area (TPSA) is 84.1 Å². The molecular weight excluding hydrogens is 237 g/mol. The van der Waals surface area contributed by atoms with E-state index in [0.29, 0.717) is 13.0 Å². The highest BCUT2D eigenvalue weighted by Crippen LogP contribution is 2.29.